The number of nitrogens with one attached hydrogen (secondary N) is 1. The maximum Gasteiger partial charge on any atom is 0.272 e. The van der Waals surface area contributed by atoms with Crippen molar-refractivity contribution < 1.29 is 23.5 Å². The van der Waals surface area contributed by atoms with Crippen molar-refractivity contribution in [1.82, 2.24) is 4.57 Å². The zero-order valence-electron chi connectivity index (χ0n) is 18.9. The number of ketones is 1. The van der Waals surface area contributed by atoms with Crippen LogP contribution in [0.1, 0.15) is 26.6 Å². The topological polar surface area (TPSA) is 82.7 Å². The van der Waals surface area contributed by atoms with Crippen molar-refractivity contribution in [2.45, 2.75) is 0 Å². The molecule has 0 bridgehead atoms. The summed E-state index contributed by atoms with van der Waals surface area (Å²) in [7, 11) is 4.97. The Bertz CT molecular complexity index is 1540. The van der Waals surface area contributed by atoms with E-state index in [2.05, 4.69) is 5.32 Å². The first-order valence-corrected chi connectivity index (χ1v) is 10.7. The molecule has 34 heavy (non-hydrogen) atoms. The lowest BCUT2D eigenvalue weighted by molar-refractivity contribution is 0.101. The number of hydrogen-bond acceptors (Lipinski definition) is 5. The number of benzene rings is 3. The number of hydrogen-bond donors (Lipinski definition) is 1. The summed E-state index contributed by atoms with van der Waals surface area (Å²) < 4.78 is 18.3. The van der Waals surface area contributed by atoms with Gasteiger partial charge >= 0.3 is 0 Å². The predicted octanol–water partition coefficient (Wildman–Crippen LogP) is 5.43. The Morgan fingerprint density at radius 3 is 2.38 bits per heavy atom. The highest BCUT2D eigenvalue weighted by molar-refractivity contribution is 6.19. The second-order valence-corrected chi connectivity index (χ2v) is 7.80. The van der Waals surface area contributed by atoms with Gasteiger partial charge in [-0.25, -0.2) is 0 Å². The van der Waals surface area contributed by atoms with Crippen molar-refractivity contribution in [2.24, 2.45) is 7.05 Å². The summed E-state index contributed by atoms with van der Waals surface area (Å²) in [4.78, 5) is 26.7. The summed E-state index contributed by atoms with van der Waals surface area (Å²) in [6.07, 6.45) is 0. The molecule has 0 aliphatic carbocycles. The van der Waals surface area contributed by atoms with E-state index in [1.54, 1.807) is 55.2 Å². The monoisotopic (exact) mass is 454 g/mol. The molecule has 0 spiro atoms. The van der Waals surface area contributed by atoms with Gasteiger partial charge in [0, 0.05) is 23.4 Å². The van der Waals surface area contributed by atoms with E-state index in [-0.39, 0.29) is 17.5 Å². The largest absolute Gasteiger partial charge is 0.497 e. The normalized spacial score (nSPS) is 11.0. The molecule has 1 amide bonds. The van der Waals surface area contributed by atoms with Crippen molar-refractivity contribution in [3.05, 3.63) is 89.8 Å². The second-order valence-electron chi connectivity index (χ2n) is 7.80. The molecule has 1 N–H and O–H groups in total. The van der Waals surface area contributed by atoms with Crippen LogP contribution in [0, 0.1) is 0 Å². The molecule has 0 aliphatic rings. The van der Waals surface area contributed by atoms with Crippen molar-refractivity contribution in [3.8, 4) is 11.5 Å². The van der Waals surface area contributed by atoms with Crippen LogP contribution in [0.3, 0.4) is 0 Å². The van der Waals surface area contributed by atoms with E-state index in [0.717, 1.165) is 10.9 Å². The maximum absolute atomic E-state index is 13.4. The molecule has 7 heteroatoms. The molecule has 0 saturated heterocycles. The van der Waals surface area contributed by atoms with Crippen LogP contribution in [-0.4, -0.2) is 30.5 Å². The average molecular weight is 454 g/mol. The number of anilines is 1. The minimum absolute atomic E-state index is 0.0658. The Morgan fingerprint density at radius 2 is 1.65 bits per heavy atom. The fraction of sp³-hybridized carbons (Fsp3) is 0.111. The molecule has 0 saturated carbocycles. The van der Waals surface area contributed by atoms with Gasteiger partial charge in [-0.2, -0.15) is 0 Å². The number of rotatable bonds is 6. The summed E-state index contributed by atoms with van der Waals surface area (Å²) in [5.74, 6) is 0.678. The SMILES string of the molecule is COc1ccc(C(=O)c2oc3ccccc3c2NC(=O)c2cc3c(OC)cccc3n2C)cc1. The van der Waals surface area contributed by atoms with E-state index in [0.29, 0.717) is 39.4 Å². The van der Waals surface area contributed by atoms with E-state index in [1.807, 2.05) is 43.4 Å². The number of para-hydroxylation sites is 1. The number of amides is 1. The third kappa shape index (κ3) is 3.47. The standard InChI is InChI=1S/C27H22N2O5/c1-29-20-8-6-10-22(33-3)19(20)15-21(29)27(31)28-24-18-7-4-5-9-23(18)34-26(24)25(30)16-11-13-17(32-2)14-12-16/h4-15H,1-3H3,(H,28,31). The van der Waals surface area contributed by atoms with Gasteiger partial charge in [0.15, 0.2) is 5.76 Å². The molecule has 0 unspecified atom stereocenters. The molecule has 3 aromatic carbocycles. The lowest BCUT2D eigenvalue weighted by Crippen LogP contribution is -2.17. The zero-order valence-corrected chi connectivity index (χ0v) is 18.9. The van der Waals surface area contributed by atoms with Gasteiger partial charge in [-0.1, -0.05) is 18.2 Å². The highest BCUT2D eigenvalue weighted by Crippen LogP contribution is 2.34. The van der Waals surface area contributed by atoms with Crippen molar-refractivity contribution in [1.29, 1.82) is 0 Å². The number of carbonyl (C=O) groups is 2. The van der Waals surface area contributed by atoms with Crippen LogP contribution < -0.4 is 14.8 Å². The first-order valence-electron chi connectivity index (χ1n) is 10.7. The van der Waals surface area contributed by atoms with Gasteiger partial charge in [-0.05, 0) is 54.6 Å². The van der Waals surface area contributed by atoms with Crippen LogP contribution in [0.5, 0.6) is 11.5 Å². The quantitative estimate of drug-likeness (QED) is 0.346. The van der Waals surface area contributed by atoms with Crippen molar-refractivity contribution >= 4 is 39.2 Å². The third-order valence-electron chi connectivity index (χ3n) is 5.89. The first-order chi connectivity index (χ1) is 16.5. The molecule has 0 fully saturated rings. The number of ether oxygens (including phenoxy) is 2. The molecular formula is C27H22N2O5. The third-order valence-corrected chi connectivity index (χ3v) is 5.89. The van der Waals surface area contributed by atoms with Crippen molar-refractivity contribution in [2.75, 3.05) is 19.5 Å². The van der Waals surface area contributed by atoms with Crippen LogP contribution in [0.4, 0.5) is 5.69 Å². The first kappa shape index (κ1) is 21.3. The molecule has 2 heterocycles. The summed E-state index contributed by atoms with van der Waals surface area (Å²) in [6.45, 7) is 0. The van der Waals surface area contributed by atoms with Crippen LogP contribution >= 0.6 is 0 Å². The molecular weight excluding hydrogens is 432 g/mol. The molecule has 0 radical (unpaired) electrons. The minimum Gasteiger partial charge on any atom is -0.497 e. The fourth-order valence-electron chi connectivity index (χ4n) is 4.11. The van der Waals surface area contributed by atoms with Gasteiger partial charge in [0.2, 0.25) is 5.78 Å². The van der Waals surface area contributed by atoms with E-state index >= 15 is 0 Å². The number of nitrogens with zero attached hydrogens (tertiary/aromatic N) is 1. The van der Waals surface area contributed by atoms with E-state index in [4.69, 9.17) is 13.9 Å². The van der Waals surface area contributed by atoms with Crippen LogP contribution in [0.25, 0.3) is 21.9 Å². The highest BCUT2D eigenvalue weighted by atomic mass is 16.5. The Kier molecular flexibility index (Phi) is 5.30. The molecule has 5 rings (SSSR count). The number of carbonyl (C=O) groups excluding carboxylic acids is 2. The van der Waals surface area contributed by atoms with Gasteiger partial charge in [-0.15, -0.1) is 0 Å². The van der Waals surface area contributed by atoms with Crippen LogP contribution in [0.2, 0.25) is 0 Å². The molecule has 0 atom stereocenters. The lowest BCUT2D eigenvalue weighted by Gasteiger charge is -2.08. The lowest BCUT2D eigenvalue weighted by atomic mass is 10.1. The Hall–Kier alpha value is -4.52. The highest BCUT2D eigenvalue weighted by Gasteiger charge is 2.25. The number of furan rings is 1. The minimum atomic E-state index is -0.365. The molecule has 7 nitrogen and oxygen atoms in total. The Morgan fingerprint density at radius 1 is 0.882 bits per heavy atom. The number of methoxy groups -OCH3 is 2. The summed E-state index contributed by atoms with van der Waals surface area (Å²) in [6, 6.07) is 21.4. The van der Waals surface area contributed by atoms with Gasteiger partial charge in [0.1, 0.15) is 22.8 Å². The average Bonchev–Trinajstić information content (AvgIpc) is 3.41. The zero-order chi connectivity index (χ0) is 23.8. The second kappa shape index (κ2) is 8.44. The Labute approximate surface area is 195 Å². The molecule has 2 aromatic heterocycles. The van der Waals surface area contributed by atoms with Crippen LogP contribution in [0.15, 0.2) is 77.2 Å². The predicted molar refractivity (Wildman–Crippen MR) is 130 cm³/mol. The van der Waals surface area contributed by atoms with E-state index in [1.165, 1.54) is 0 Å². The fourth-order valence-corrected chi connectivity index (χ4v) is 4.11. The number of aromatic nitrogens is 1. The number of fused-ring (bicyclic) bond motifs is 2. The smallest absolute Gasteiger partial charge is 0.272 e. The van der Waals surface area contributed by atoms with E-state index in [9.17, 15) is 9.59 Å². The van der Waals surface area contributed by atoms with Crippen molar-refractivity contribution in [3.63, 3.8) is 0 Å². The van der Waals surface area contributed by atoms with Gasteiger partial charge in [-0.3, -0.25) is 9.59 Å². The summed E-state index contributed by atoms with van der Waals surface area (Å²) in [5.41, 5.74) is 2.54. The van der Waals surface area contributed by atoms with E-state index < -0.39 is 0 Å². The van der Waals surface area contributed by atoms with Gasteiger partial charge in [0.05, 0.1) is 25.4 Å². The maximum atomic E-state index is 13.4. The number of aryl methyl sites for hydroxylation is 1. The molecule has 170 valence electrons. The van der Waals surface area contributed by atoms with Crippen LogP contribution in [-0.2, 0) is 7.05 Å². The molecule has 5 aromatic rings. The van der Waals surface area contributed by atoms with Gasteiger partial charge in [0.25, 0.3) is 5.91 Å². The molecule has 0 aliphatic heterocycles. The summed E-state index contributed by atoms with van der Waals surface area (Å²) in [5, 5.41) is 4.39. The Balaban J connectivity index is 1.57. The summed E-state index contributed by atoms with van der Waals surface area (Å²) >= 11 is 0. The van der Waals surface area contributed by atoms with Gasteiger partial charge < -0.3 is 23.8 Å².